The fourth-order valence-electron chi connectivity index (χ4n) is 14.7. The van der Waals surface area contributed by atoms with Crippen LogP contribution in [0.25, 0.3) is 111 Å². The molecule has 0 unspecified atom stereocenters. The van der Waals surface area contributed by atoms with Crippen molar-refractivity contribution in [2.45, 2.75) is 74.1 Å². The number of rotatable bonds is 18. The van der Waals surface area contributed by atoms with Gasteiger partial charge in [0.15, 0.2) is 0 Å². The molecular formula is C107H88Br3IN2. The van der Waals surface area contributed by atoms with Crippen LogP contribution in [0.4, 0.5) is 34.1 Å². The van der Waals surface area contributed by atoms with Crippen LogP contribution in [-0.2, 0) is 12.8 Å². The highest BCUT2D eigenvalue weighted by Gasteiger charge is 2.22. The number of hydrogen-bond donors (Lipinski definition) is 0. The van der Waals surface area contributed by atoms with Crippen molar-refractivity contribution in [3.63, 3.8) is 0 Å². The fourth-order valence-corrected chi connectivity index (χ4v) is 15.9. The van der Waals surface area contributed by atoms with Crippen LogP contribution < -0.4 is 9.80 Å². The third-order valence-electron chi connectivity index (χ3n) is 20.4. The predicted octanol–water partition coefficient (Wildman–Crippen LogP) is 33.0. The molecule has 16 aromatic rings. The molecule has 554 valence electrons. The molecule has 0 spiro atoms. The van der Waals surface area contributed by atoms with Crippen LogP contribution in [-0.4, -0.2) is 0 Å². The van der Waals surface area contributed by atoms with E-state index in [4.69, 9.17) is 0 Å². The third-order valence-corrected chi connectivity index (χ3v) is 22.7. The Hall–Kier alpha value is -11.1. The van der Waals surface area contributed by atoms with Gasteiger partial charge in [-0.05, 0) is 324 Å². The van der Waals surface area contributed by atoms with E-state index in [0.717, 1.165) is 73.2 Å². The molecule has 0 amide bonds. The normalized spacial score (nSPS) is 10.7. The van der Waals surface area contributed by atoms with Crippen LogP contribution >= 0.6 is 70.4 Å². The molecule has 0 aliphatic rings. The molecule has 0 fully saturated rings. The standard InChI is InChI=1S/C88H70Br2N2.C12H8BrI.C4H6.C3H4/c1-5-11-61-17-21-63(22-18-61)67-29-45-75(46-30-67)91(77-49-33-69(34-50-77)65-25-41-73(89)42-26-65)79-53-37-71(38-54-79)85-57-59(3)87(83-15-9-7-13-81(83)85)88-60(4)58-86(82-14-8-10-16-84(82)88)72-39-55-80(56-40-72)92(78-51-35-70(36-52-78)66-27-43-74(90)44-28-66)76-47-31-68(32-48-76)64-23-19-62(12-6-2)20-24-64;13-11-5-1-9(2-6-11)10-3-7-12(14)8-4-10;1-3-4-2;1-3-2/h7-10,13-58H,5-6,11-12H2,1-4H3;1-8H;1-2H3;1H,2H3. The second kappa shape index (κ2) is 38.4. The molecule has 0 saturated heterocycles. The average Bonchev–Trinajstić information content (AvgIpc) is 0.734. The first kappa shape index (κ1) is 80.0. The van der Waals surface area contributed by atoms with Crippen molar-refractivity contribution >= 4 is 126 Å². The number of fused-ring (bicyclic) bond motifs is 2. The lowest BCUT2D eigenvalue weighted by atomic mass is 9.83. The first-order chi connectivity index (χ1) is 55.2. The van der Waals surface area contributed by atoms with Crippen molar-refractivity contribution in [1.82, 2.24) is 0 Å². The lowest BCUT2D eigenvalue weighted by Gasteiger charge is -2.26. The van der Waals surface area contributed by atoms with Gasteiger partial charge in [-0.1, -0.05) is 305 Å². The van der Waals surface area contributed by atoms with Crippen molar-refractivity contribution in [2.24, 2.45) is 0 Å². The van der Waals surface area contributed by atoms with E-state index < -0.39 is 0 Å². The Bertz CT molecular complexity index is 5600. The van der Waals surface area contributed by atoms with Crippen LogP contribution in [0.5, 0.6) is 0 Å². The Morgan fingerprint density at radius 2 is 0.487 bits per heavy atom. The van der Waals surface area contributed by atoms with Crippen LogP contribution in [0.2, 0.25) is 0 Å². The largest absolute Gasteiger partial charge is 0.311 e. The minimum absolute atomic E-state index is 1.07. The molecule has 113 heavy (non-hydrogen) atoms. The molecule has 0 atom stereocenters. The molecule has 0 aliphatic heterocycles. The number of aryl methyl sites for hydroxylation is 4. The first-order valence-corrected chi connectivity index (χ1v) is 41.9. The molecule has 16 rings (SSSR count). The minimum atomic E-state index is 1.07. The fraction of sp³-hybridized carbons (Fsp3) is 0.103. The summed E-state index contributed by atoms with van der Waals surface area (Å²) in [6.07, 6.45) is 9.07. The molecule has 0 heterocycles. The maximum Gasteiger partial charge on any atom is 0.0462 e. The van der Waals surface area contributed by atoms with E-state index in [9.17, 15) is 0 Å². The number of halogens is 4. The van der Waals surface area contributed by atoms with Gasteiger partial charge in [-0.2, -0.15) is 0 Å². The SMILES string of the molecule is Brc1ccc(-c2ccc(I)cc2)cc1.C#CC.CC#CC.CCCc1ccc(-c2ccc(N(c3ccc(-c4ccc(Br)cc4)cc3)c3ccc(-c4cc(C)c(-c5c(C)cc(-c6ccc(N(c7ccc(-c8ccc(Br)cc8)cc7)c7ccc(-c8ccc(CCC)cc8)cc7)cc6)c6ccccc56)c5ccccc45)cc3)cc2)cc1. The van der Waals surface area contributed by atoms with Gasteiger partial charge in [-0.15, -0.1) is 24.2 Å². The second-order valence-electron chi connectivity index (χ2n) is 28.0. The van der Waals surface area contributed by atoms with E-state index in [-0.39, 0.29) is 0 Å². The quantitative estimate of drug-likeness (QED) is 0.0624. The first-order valence-electron chi connectivity index (χ1n) is 38.4. The molecule has 0 aromatic heterocycles. The van der Waals surface area contributed by atoms with Gasteiger partial charge < -0.3 is 9.80 Å². The highest BCUT2D eigenvalue weighted by molar-refractivity contribution is 14.1. The molecule has 0 N–H and O–H groups in total. The highest BCUT2D eigenvalue weighted by Crippen LogP contribution is 2.47. The Balaban J connectivity index is 0.000000464. The highest BCUT2D eigenvalue weighted by atomic mass is 127. The Labute approximate surface area is 707 Å². The summed E-state index contributed by atoms with van der Waals surface area (Å²) in [7, 11) is 0. The van der Waals surface area contributed by atoms with Gasteiger partial charge >= 0.3 is 0 Å². The van der Waals surface area contributed by atoms with Gasteiger partial charge in [-0.3, -0.25) is 0 Å². The van der Waals surface area contributed by atoms with Crippen LogP contribution in [0.1, 0.15) is 69.7 Å². The van der Waals surface area contributed by atoms with E-state index in [0.29, 0.717) is 0 Å². The second-order valence-corrected chi connectivity index (χ2v) is 32.0. The molecule has 0 bridgehead atoms. The summed E-state index contributed by atoms with van der Waals surface area (Å²) in [6, 6.07) is 129. The topological polar surface area (TPSA) is 6.48 Å². The van der Waals surface area contributed by atoms with Gasteiger partial charge in [0.1, 0.15) is 0 Å². The Morgan fingerprint density at radius 1 is 0.283 bits per heavy atom. The average molecular weight is 1770 g/mol. The van der Waals surface area contributed by atoms with Crippen molar-refractivity contribution in [3.05, 3.63) is 391 Å². The Kier molecular flexibility index (Phi) is 27.2. The molecule has 6 heteroatoms. The number of terminal acetylenes is 1. The van der Waals surface area contributed by atoms with E-state index in [2.05, 4.69) is 484 Å². The number of nitrogens with zero attached hydrogens (tertiary/aromatic N) is 2. The number of benzene rings is 16. The summed E-state index contributed by atoms with van der Waals surface area (Å²) >= 11 is 13.0. The van der Waals surface area contributed by atoms with Crippen LogP contribution in [0.15, 0.2) is 365 Å². The molecule has 0 aliphatic carbocycles. The predicted molar refractivity (Wildman–Crippen MR) is 508 cm³/mol. The van der Waals surface area contributed by atoms with Gasteiger partial charge in [-0.25, -0.2) is 0 Å². The van der Waals surface area contributed by atoms with Gasteiger partial charge in [0.2, 0.25) is 0 Å². The summed E-state index contributed by atoms with van der Waals surface area (Å²) < 4.78 is 4.53. The van der Waals surface area contributed by atoms with Crippen molar-refractivity contribution < 1.29 is 0 Å². The maximum absolute atomic E-state index is 4.60. The zero-order valence-electron chi connectivity index (χ0n) is 64.8. The van der Waals surface area contributed by atoms with E-state index >= 15 is 0 Å². The van der Waals surface area contributed by atoms with Crippen molar-refractivity contribution in [3.8, 4) is 113 Å². The minimum Gasteiger partial charge on any atom is -0.311 e. The maximum atomic E-state index is 4.60. The molecule has 16 aromatic carbocycles. The van der Waals surface area contributed by atoms with E-state index in [1.165, 1.54) is 136 Å². The third kappa shape index (κ3) is 19.4. The van der Waals surface area contributed by atoms with Crippen LogP contribution in [0, 0.1) is 41.6 Å². The van der Waals surface area contributed by atoms with Crippen LogP contribution in [0.3, 0.4) is 0 Å². The Morgan fingerprint density at radius 3 is 0.717 bits per heavy atom. The summed E-state index contributed by atoms with van der Waals surface area (Å²) in [6.45, 7) is 14.3. The summed E-state index contributed by atoms with van der Waals surface area (Å²) in [4.78, 5) is 4.74. The smallest absolute Gasteiger partial charge is 0.0462 e. The lowest BCUT2D eigenvalue weighted by molar-refractivity contribution is 0.922. The molecular weight excluding hydrogens is 1680 g/mol. The van der Waals surface area contributed by atoms with Crippen molar-refractivity contribution in [1.29, 1.82) is 0 Å². The van der Waals surface area contributed by atoms with E-state index in [1.54, 1.807) is 6.92 Å². The van der Waals surface area contributed by atoms with Gasteiger partial charge in [0, 0.05) is 51.1 Å². The zero-order chi connectivity index (χ0) is 78.7. The van der Waals surface area contributed by atoms with E-state index in [1.807, 2.05) is 13.8 Å². The van der Waals surface area contributed by atoms with Gasteiger partial charge in [0.05, 0.1) is 0 Å². The summed E-state index contributed by atoms with van der Waals surface area (Å²) in [5.74, 6) is 7.61. The molecule has 0 radical (unpaired) electrons. The molecule has 0 saturated carbocycles. The van der Waals surface area contributed by atoms with Crippen molar-refractivity contribution in [2.75, 3.05) is 9.80 Å². The summed E-state index contributed by atoms with van der Waals surface area (Å²) in [5, 5.41) is 4.94. The number of hydrogen-bond acceptors (Lipinski definition) is 2. The summed E-state index contributed by atoms with van der Waals surface area (Å²) in [5.41, 5.74) is 31.2. The zero-order valence-corrected chi connectivity index (χ0v) is 71.7. The lowest BCUT2D eigenvalue weighted by Crippen LogP contribution is -2.09. The molecule has 2 nitrogen and oxygen atoms in total. The monoisotopic (exact) mass is 1760 g/mol. The number of anilines is 6. The van der Waals surface area contributed by atoms with Gasteiger partial charge in [0.25, 0.3) is 0 Å².